The van der Waals surface area contributed by atoms with Crippen molar-refractivity contribution in [3.8, 4) is 0 Å². The first kappa shape index (κ1) is 15.7. The molecule has 0 saturated carbocycles. The van der Waals surface area contributed by atoms with E-state index in [1.807, 2.05) is 0 Å². The van der Waals surface area contributed by atoms with Crippen LogP contribution in [0, 0.1) is 6.92 Å². The van der Waals surface area contributed by atoms with Crippen molar-refractivity contribution < 1.29 is 19.5 Å². The van der Waals surface area contributed by atoms with Gasteiger partial charge in [-0.25, -0.2) is 19.6 Å². The maximum Gasteiger partial charge on any atom is 0 e. The van der Waals surface area contributed by atoms with Gasteiger partial charge in [0.1, 0.15) is 0 Å². The van der Waals surface area contributed by atoms with Gasteiger partial charge in [0.05, 0.1) is 0 Å². The van der Waals surface area contributed by atoms with Crippen molar-refractivity contribution in [2.24, 2.45) is 0 Å². The molecule has 0 unspecified atom stereocenters. The molecule has 0 amide bonds. The van der Waals surface area contributed by atoms with E-state index in [4.69, 9.17) is 0 Å². The van der Waals surface area contributed by atoms with Crippen molar-refractivity contribution in [1.29, 1.82) is 0 Å². The average Bonchev–Trinajstić information content (AvgIpc) is 1.39. The molecule has 0 spiro atoms. The maximum absolute atomic E-state index is 4.18. The zero-order chi connectivity index (χ0) is 5.41. The monoisotopic (exact) mass is 200 g/mol. The van der Waals surface area contributed by atoms with Crippen LogP contribution in [0.2, 0.25) is 0 Å². The fourth-order valence-electron chi connectivity index (χ4n) is 0. The zero-order valence-corrected chi connectivity index (χ0v) is 9.46. The minimum absolute atomic E-state index is 0. The van der Waals surface area contributed by atoms with Gasteiger partial charge in [-0.05, 0) is 0 Å². The van der Waals surface area contributed by atoms with Crippen LogP contribution < -0.4 is 0 Å². The summed E-state index contributed by atoms with van der Waals surface area (Å²) in [5.74, 6) is 0. The molecule has 7 heavy (non-hydrogen) atoms. The second-order valence-corrected chi connectivity index (χ2v) is 2.30. The number of hydrogen-bond donors (Lipinski definition) is 0. The number of allylic oxidation sites excluding steroid dienone is 1. The summed E-state index contributed by atoms with van der Waals surface area (Å²) in [5, 5.41) is 0. The summed E-state index contributed by atoms with van der Waals surface area (Å²) in [7, 11) is 0. The molecule has 0 fully saturated rings. The molecule has 0 aliphatic rings. The molecule has 0 aliphatic carbocycles. The summed E-state index contributed by atoms with van der Waals surface area (Å²) in [6.45, 7) is 6.50. The third-order valence-corrected chi connectivity index (χ3v) is 0. The molecular weight excluding hydrogens is 197 g/mol. The summed E-state index contributed by atoms with van der Waals surface area (Å²) in [6.07, 6.45) is 2.08. The van der Waals surface area contributed by atoms with Gasteiger partial charge in [0.2, 0.25) is 0 Å². The van der Waals surface area contributed by atoms with Gasteiger partial charge >= 0.3 is 29.7 Å². The van der Waals surface area contributed by atoms with Crippen molar-refractivity contribution in [3.05, 3.63) is 19.6 Å². The van der Waals surface area contributed by atoms with E-state index in [0.717, 1.165) is 0 Å². The van der Waals surface area contributed by atoms with Crippen LogP contribution in [-0.2, 0) is 43.1 Å². The summed E-state index contributed by atoms with van der Waals surface area (Å²) >= 11 is 8.36. The Hall–Kier alpha value is 1.10. The average molecular weight is 202 g/mol. The first-order chi connectivity index (χ1) is 2.83. The van der Waals surface area contributed by atoms with Gasteiger partial charge in [0.15, 0.2) is 0 Å². The largest absolute Gasteiger partial charge is 0 e. The molecule has 0 rings (SSSR count). The Morgan fingerprint density at radius 1 is 1.57 bits per heavy atom. The fourth-order valence-corrected chi connectivity index (χ4v) is 0. The Labute approximate surface area is 68.7 Å². The van der Waals surface area contributed by atoms with Crippen LogP contribution in [0.3, 0.4) is 0 Å². The second-order valence-electron chi connectivity index (χ2n) is 0.363. The van der Waals surface area contributed by atoms with Crippen LogP contribution in [-0.4, -0.2) is 0 Å². The molecule has 0 radical (unpaired) electrons. The smallest absolute Gasteiger partial charge is 0 e. The third-order valence-electron chi connectivity index (χ3n) is 0. The molecule has 0 aromatic rings. The van der Waals surface area contributed by atoms with Gasteiger partial charge in [-0.1, -0.05) is 0 Å². The van der Waals surface area contributed by atoms with Crippen LogP contribution in [0.15, 0.2) is 12.7 Å². The van der Waals surface area contributed by atoms with Gasteiger partial charge in [0, 0.05) is 19.5 Å². The van der Waals surface area contributed by atoms with E-state index in [-0.39, 0.29) is 19.5 Å². The quantitative estimate of drug-likeness (QED) is 0.333. The van der Waals surface area contributed by atoms with E-state index in [0.29, 0.717) is 6.13 Å². The molecule has 0 heterocycles. The molecule has 4 heteroatoms. The summed E-state index contributed by atoms with van der Waals surface area (Å²) in [6, 6.07) is 0. The molecule has 0 bridgehead atoms. The predicted octanol–water partition coefficient (Wildman–Crippen LogP) is 1.86. The summed E-state index contributed by atoms with van der Waals surface area (Å²) in [4.78, 5) is 0. The van der Waals surface area contributed by atoms with Crippen LogP contribution in [0.1, 0.15) is 0 Å². The zero-order valence-electron chi connectivity index (χ0n) is 3.96. The SMILES string of the molecule is C=C[CH2-].S=[P+]=S.[Zn]. The molecule has 0 nitrogen and oxygen atoms in total. The van der Waals surface area contributed by atoms with Crippen molar-refractivity contribution in [1.82, 2.24) is 0 Å². The van der Waals surface area contributed by atoms with Crippen LogP contribution in [0.5, 0.6) is 0 Å². The molecule has 0 aliphatic heterocycles. The Balaban J connectivity index is -0.0000000400. The predicted molar refractivity (Wildman–Crippen MR) is 37.2 cm³/mol. The van der Waals surface area contributed by atoms with Gasteiger partial charge < -0.3 is 0 Å². The van der Waals surface area contributed by atoms with Gasteiger partial charge in [0.25, 0.3) is 0 Å². The number of rotatable bonds is 0. The van der Waals surface area contributed by atoms with Crippen molar-refractivity contribution in [2.45, 2.75) is 0 Å². The standard InChI is InChI=1S/C3H5.PS2.Zn/c1-3-2;2-1-3;/h3H,1-2H2;;/q-1;+1;. The molecule has 0 N–H and O–H groups in total. The van der Waals surface area contributed by atoms with E-state index in [2.05, 4.69) is 37.1 Å². The van der Waals surface area contributed by atoms with Crippen molar-refractivity contribution in [3.63, 3.8) is 0 Å². The minimum Gasteiger partial charge on any atom is 0 e. The van der Waals surface area contributed by atoms with Crippen molar-refractivity contribution in [2.75, 3.05) is 0 Å². The Morgan fingerprint density at radius 2 is 1.57 bits per heavy atom. The van der Waals surface area contributed by atoms with Gasteiger partial charge in [-0.3, -0.25) is 0 Å². The molecule has 0 saturated heterocycles. The fraction of sp³-hybridized carbons (Fsp3) is 0. The normalized spacial score (nSPS) is 2.86. The number of hydrogen-bond acceptors (Lipinski definition) is 2. The van der Waals surface area contributed by atoms with Gasteiger partial charge in [-0.15, -0.1) is 0 Å². The minimum atomic E-state index is 0. The molecule has 36 valence electrons. The Morgan fingerprint density at radius 3 is 1.57 bits per heavy atom. The molecule has 0 aromatic carbocycles. The second kappa shape index (κ2) is 27.5. The van der Waals surface area contributed by atoms with Crippen LogP contribution in [0.25, 0.3) is 0 Å². The first-order valence-corrected chi connectivity index (χ1v) is 4.10. The van der Waals surface area contributed by atoms with Gasteiger partial charge in [-0.2, -0.15) is 0 Å². The van der Waals surface area contributed by atoms with Crippen LogP contribution in [0.4, 0.5) is 0 Å². The van der Waals surface area contributed by atoms with E-state index in [9.17, 15) is 0 Å². The first-order valence-electron chi connectivity index (χ1n) is 1.18. The topological polar surface area (TPSA) is 0 Å². The summed E-state index contributed by atoms with van der Waals surface area (Å²) < 4.78 is 0. The Kier molecular flexibility index (Phi) is 61.6. The van der Waals surface area contributed by atoms with E-state index >= 15 is 0 Å². The molecule has 0 atom stereocenters. The van der Waals surface area contributed by atoms with Crippen molar-refractivity contribution >= 4 is 29.7 Å². The maximum atomic E-state index is 4.18. The van der Waals surface area contributed by atoms with E-state index in [1.165, 1.54) is 6.08 Å². The van der Waals surface area contributed by atoms with E-state index < -0.39 is 0 Å². The third kappa shape index (κ3) is 152. The van der Waals surface area contributed by atoms with Crippen LogP contribution >= 0.6 is 6.13 Å². The molecular formula is C3H5PS2Zn. The molecule has 0 aromatic heterocycles. The Bertz CT molecular complexity index is 58.0. The summed E-state index contributed by atoms with van der Waals surface area (Å²) in [5.41, 5.74) is 0. The van der Waals surface area contributed by atoms with E-state index in [1.54, 1.807) is 0 Å².